The molecule has 36 heavy (non-hydrogen) atoms. The molecule has 1 unspecified atom stereocenters. The van der Waals surface area contributed by atoms with Crippen LogP contribution in [-0.2, 0) is 7.05 Å². The van der Waals surface area contributed by atoms with Gasteiger partial charge in [0.1, 0.15) is 7.05 Å². The fourth-order valence-electron chi connectivity index (χ4n) is 8.90. The van der Waals surface area contributed by atoms with Crippen LogP contribution in [0.15, 0.2) is 42.6 Å². The van der Waals surface area contributed by atoms with Crippen molar-refractivity contribution in [2.45, 2.75) is 108 Å². The number of rotatable bonds is 4. The molecule has 5 aliphatic carbocycles. The first-order chi connectivity index (χ1) is 17.7. The molecule has 3 aromatic rings. The van der Waals surface area contributed by atoms with E-state index in [2.05, 4.69) is 61.1 Å². The molecule has 1 heterocycles. The van der Waals surface area contributed by atoms with E-state index in [1.807, 2.05) is 0 Å². The van der Waals surface area contributed by atoms with E-state index in [4.69, 9.17) is 0 Å². The number of nitrogens with zero attached hydrogens (tertiary/aromatic N) is 1. The van der Waals surface area contributed by atoms with Crippen molar-refractivity contribution in [3.8, 4) is 11.3 Å². The van der Waals surface area contributed by atoms with Crippen LogP contribution in [0.2, 0.25) is 0 Å². The minimum Gasteiger partial charge on any atom is -0.200 e. The lowest BCUT2D eigenvalue weighted by Crippen LogP contribution is -2.31. The highest BCUT2D eigenvalue weighted by atomic mass is 14.9. The fraction of sp³-hybridized carbons (Fsp3) is 0.571. The first-order valence-electron chi connectivity index (χ1n) is 15.2. The van der Waals surface area contributed by atoms with E-state index in [-0.39, 0.29) is 0 Å². The summed E-state index contributed by atoms with van der Waals surface area (Å²) < 4.78 is 2.41. The molecule has 5 fully saturated rings. The topological polar surface area (TPSA) is 3.88 Å². The summed E-state index contributed by atoms with van der Waals surface area (Å²) in [6.07, 6.45) is 20.8. The zero-order valence-corrected chi connectivity index (χ0v) is 22.6. The predicted octanol–water partition coefficient (Wildman–Crippen LogP) is 9.25. The van der Waals surface area contributed by atoms with Crippen molar-refractivity contribution in [1.82, 2.24) is 0 Å². The Balaban J connectivity index is 1.36. The minimum atomic E-state index is 0.762. The van der Waals surface area contributed by atoms with Crippen LogP contribution in [-0.4, -0.2) is 0 Å². The smallest absolute Gasteiger partial charge is 0.200 e. The molecule has 1 atom stereocenters. The molecule has 0 radical (unpaired) electrons. The van der Waals surface area contributed by atoms with E-state index in [0.29, 0.717) is 0 Å². The number of pyridine rings is 1. The van der Waals surface area contributed by atoms with Crippen LogP contribution in [0.5, 0.6) is 0 Å². The molecule has 0 aliphatic heterocycles. The second-order valence-electron chi connectivity index (χ2n) is 13.0. The third-order valence-electron chi connectivity index (χ3n) is 11.0. The van der Waals surface area contributed by atoms with Gasteiger partial charge in [0.2, 0.25) is 5.69 Å². The quantitative estimate of drug-likeness (QED) is 0.329. The van der Waals surface area contributed by atoms with Gasteiger partial charge in [0, 0.05) is 6.07 Å². The number of hydrogen-bond donors (Lipinski definition) is 0. The van der Waals surface area contributed by atoms with Crippen molar-refractivity contribution in [2.24, 2.45) is 18.9 Å². The van der Waals surface area contributed by atoms with E-state index in [1.54, 1.807) is 22.3 Å². The minimum absolute atomic E-state index is 0.762. The average molecular weight is 479 g/mol. The van der Waals surface area contributed by atoms with Crippen LogP contribution in [0.25, 0.3) is 22.0 Å². The highest BCUT2D eigenvalue weighted by Gasteiger charge is 2.36. The predicted molar refractivity (Wildman–Crippen MR) is 151 cm³/mol. The number of hydrogen-bond acceptors (Lipinski definition) is 0. The van der Waals surface area contributed by atoms with Gasteiger partial charge in [-0.2, -0.15) is 0 Å². The Labute approximate surface area is 218 Å². The first kappa shape index (κ1) is 23.0. The molecule has 2 aromatic carbocycles. The Morgan fingerprint density at radius 3 is 2.14 bits per heavy atom. The van der Waals surface area contributed by atoms with E-state index in [1.165, 1.54) is 106 Å². The normalized spacial score (nSPS) is 26.9. The van der Waals surface area contributed by atoms with Crippen molar-refractivity contribution >= 4 is 10.8 Å². The first-order valence-corrected chi connectivity index (χ1v) is 15.2. The molecule has 0 N–H and O–H groups in total. The Morgan fingerprint density at radius 1 is 0.722 bits per heavy atom. The molecule has 5 saturated carbocycles. The van der Waals surface area contributed by atoms with Crippen LogP contribution < -0.4 is 4.57 Å². The molecule has 1 nitrogen and oxygen atoms in total. The summed E-state index contributed by atoms with van der Waals surface area (Å²) >= 11 is 0. The zero-order valence-electron chi connectivity index (χ0n) is 22.6. The van der Waals surface area contributed by atoms with Gasteiger partial charge in [0.05, 0.1) is 10.9 Å². The van der Waals surface area contributed by atoms with Gasteiger partial charge in [-0.15, -0.1) is 0 Å². The molecular weight excluding hydrogens is 434 g/mol. The third-order valence-corrected chi connectivity index (χ3v) is 11.0. The van der Waals surface area contributed by atoms with Crippen molar-refractivity contribution in [2.75, 3.05) is 0 Å². The van der Waals surface area contributed by atoms with Crippen LogP contribution in [0, 0.1) is 18.8 Å². The third kappa shape index (κ3) is 3.93. The highest BCUT2D eigenvalue weighted by Crippen LogP contribution is 2.50. The summed E-state index contributed by atoms with van der Waals surface area (Å²) in [7, 11) is 2.26. The number of aryl methyl sites for hydroxylation is 1. The van der Waals surface area contributed by atoms with Crippen LogP contribution in [0.4, 0.5) is 0 Å². The maximum Gasteiger partial charge on any atom is 0.220 e. The van der Waals surface area contributed by atoms with Gasteiger partial charge in [0.15, 0.2) is 6.20 Å². The SMILES string of the molecule is Cc1c(-c2c3ccc(C4CC5CCC4CC5)cc3cc[n+]2C)cc(C2CCCC2)cc1C1CCCC1. The van der Waals surface area contributed by atoms with Crippen molar-refractivity contribution in [1.29, 1.82) is 0 Å². The molecule has 0 saturated heterocycles. The molecule has 2 bridgehead atoms. The molecule has 188 valence electrons. The van der Waals surface area contributed by atoms with E-state index < -0.39 is 0 Å². The summed E-state index contributed by atoms with van der Waals surface area (Å²) in [5.41, 5.74) is 9.38. The lowest BCUT2D eigenvalue weighted by Gasteiger charge is -2.42. The Hall–Kier alpha value is -2.15. The van der Waals surface area contributed by atoms with Gasteiger partial charge in [-0.25, -0.2) is 4.57 Å². The summed E-state index contributed by atoms with van der Waals surface area (Å²) in [6.45, 7) is 2.42. The van der Waals surface area contributed by atoms with Gasteiger partial charge in [0.25, 0.3) is 0 Å². The molecule has 1 aromatic heterocycles. The monoisotopic (exact) mass is 478 g/mol. The standard InChI is InChI=1S/C35H44N/c1-23-32(26-9-5-6-10-26)21-30(25-7-3-4-8-25)22-33(23)35-31-16-15-28(20-29(31)17-18-36(35)2)34-19-24-11-13-27(34)14-12-24/h15-18,20-22,24-27,34H,3-14,19H2,1-2H3/q+1. The fourth-order valence-corrected chi connectivity index (χ4v) is 8.90. The molecule has 5 aliphatic rings. The molecular formula is C35H44N+. The summed E-state index contributed by atoms with van der Waals surface area (Å²) in [5.74, 6) is 4.22. The molecule has 1 heteroatoms. The second kappa shape index (κ2) is 9.30. The Morgan fingerprint density at radius 2 is 1.44 bits per heavy atom. The average Bonchev–Trinajstić information content (AvgIpc) is 3.65. The number of fused-ring (bicyclic) bond motifs is 4. The van der Waals surface area contributed by atoms with Gasteiger partial charge < -0.3 is 0 Å². The summed E-state index contributed by atoms with van der Waals surface area (Å²) in [6, 6.07) is 15.2. The second-order valence-corrected chi connectivity index (χ2v) is 13.0. The largest absolute Gasteiger partial charge is 0.220 e. The van der Waals surface area contributed by atoms with Gasteiger partial charge >= 0.3 is 0 Å². The van der Waals surface area contributed by atoms with Gasteiger partial charge in [-0.3, -0.25) is 0 Å². The number of aromatic nitrogens is 1. The highest BCUT2D eigenvalue weighted by molar-refractivity contribution is 5.94. The van der Waals surface area contributed by atoms with E-state index in [9.17, 15) is 0 Å². The maximum atomic E-state index is 2.64. The van der Waals surface area contributed by atoms with Crippen molar-refractivity contribution in [3.05, 3.63) is 64.8 Å². The lowest BCUT2D eigenvalue weighted by molar-refractivity contribution is -0.659. The summed E-state index contributed by atoms with van der Waals surface area (Å²) in [5, 5.41) is 2.88. The van der Waals surface area contributed by atoms with E-state index in [0.717, 1.165) is 29.6 Å². The van der Waals surface area contributed by atoms with Crippen molar-refractivity contribution in [3.63, 3.8) is 0 Å². The summed E-state index contributed by atoms with van der Waals surface area (Å²) in [4.78, 5) is 0. The lowest BCUT2D eigenvalue weighted by atomic mass is 9.63. The molecule has 0 spiro atoms. The Kier molecular flexibility index (Phi) is 5.94. The van der Waals surface area contributed by atoms with E-state index >= 15 is 0 Å². The van der Waals surface area contributed by atoms with Crippen LogP contribution >= 0.6 is 0 Å². The van der Waals surface area contributed by atoms with Crippen LogP contribution in [0.1, 0.15) is 123 Å². The van der Waals surface area contributed by atoms with Crippen LogP contribution in [0.3, 0.4) is 0 Å². The molecule has 8 rings (SSSR count). The zero-order chi connectivity index (χ0) is 24.2. The Bertz CT molecular complexity index is 1270. The number of benzene rings is 2. The van der Waals surface area contributed by atoms with Gasteiger partial charge in [-0.1, -0.05) is 56.7 Å². The van der Waals surface area contributed by atoms with Gasteiger partial charge in [-0.05, 0) is 121 Å². The van der Waals surface area contributed by atoms with Crippen molar-refractivity contribution < 1.29 is 4.57 Å². The maximum absolute atomic E-state index is 2.64. The molecule has 0 amide bonds.